The first kappa shape index (κ1) is 28.2. The molecule has 3 N–H and O–H groups in total. The third-order valence-electron chi connectivity index (χ3n) is 6.12. The summed E-state index contributed by atoms with van der Waals surface area (Å²) in [5, 5.41) is 11.9. The largest absolute Gasteiger partial charge is 0.480 e. The molecule has 1 rings (SSSR count). The Kier molecular flexibility index (Phi) is 17.4. The number of carbonyl (C=O) groups excluding carboxylic acids is 1. The van der Waals surface area contributed by atoms with E-state index in [9.17, 15) is 14.7 Å². The monoisotopic (exact) mass is 449 g/mol. The van der Waals surface area contributed by atoms with Gasteiger partial charge in [0, 0.05) is 24.7 Å². The summed E-state index contributed by atoms with van der Waals surface area (Å²) in [5.41, 5.74) is 0.704. The van der Waals surface area contributed by atoms with Crippen LogP contribution in [-0.4, -0.2) is 33.0 Å². The number of carboxylic acids is 1. The second-order valence-electron chi connectivity index (χ2n) is 9.15. The molecule has 184 valence electrons. The molecule has 6 nitrogen and oxygen atoms in total. The van der Waals surface area contributed by atoms with Crippen LogP contribution in [0.5, 0.6) is 0 Å². The second-order valence-corrected chi connectivity index (χ2v) is 9.15. The molecule has 0 fully saturated rings. The first-order chi connectivity index (χ1) is 15.6. The third kappa shape index (κ3) is 15.9. The van der Waals surface area contributed by atoms with E-state index in [4.69, 9.17) is 0 Å². The van der Waals surface area contributed by atoms with Gasteiger partial charge in [-0.1, -0.05) is 110 Å². The third-order valence-corrected chi connectivity index (χ3v) is 6.12. The first-order valence-electron chi connectivity index (χ1n) is 13.1. The fourth-order valence-electron chi connectivity index (χ4n) is 4.09. The number of rotatable bonds is 22. The highest BCUT2D eigenvalue weighted by atomic mass is 16.4. The summed E-state index contributed by atoms with van der Waals surface area (Å²) in [4.78, 5) is 30.1. The molecule has 0 saturated heterocycles. The Bertz CT molecular complexity index is 575. The number of H-pyrrole nitrogens is 1. The van der Waals surface area contributed by atoms with Crippen molar-refractivity contribution in [2.45, 2.75) is 135 Å². The van der Waals surface area contributed by atoms with E-state index in [0.717, 1.165) is 19.3 Å². The number of carboxylic acid groups (broad SMARTS) is 1. The van der Waals surface area contributed by atoms with Gasteiger partial charge < -0.3 is 15.4 Å². The Morgan fingerprint density at radius 1 is 0.844 bits per heavy atom. The van der Waals surface area contributed by atoms with E-state index in [0.29, 0.717) is 12.1 Å². The average molecular weight is 450 g/mol. The van der Waals surface area contributed by atoms with E-state index in [1.807, 2.05) is 0 Å². The maximum atomic E-state index is 12.0. The molecule has 1 atom stereocenters. The van der Waals surface area contributed by atoms with Gasteiger partial charge in [0.25, 0.3) is 0 Å². The van der Waals surface area contributed by atoms with Crippen LogP contribution in [0.25, 0.3) is 0 Å². The zero-order valence-electron chi connectivity index (χ0n) is 20.4. The number of hydrogen-bond acceptors (Lipinski definition) is 3. The lowest BCUT2D eigenvalue weighted by Gasteiger charge is -2.13. The molecule has 32 heavy (non-hydrogen) atoms. The Hall–Kier alpha value is -1.85. The van der Waals surface area contributed by atoms with Crippen molar-refractivity contribution in [1.29, 1.82) is 0 Å². The van der Waals surface area contributed by atoms with Crippen molar-refractivity contribution >= 4 is 11.9 Å². The summed E-state index contributed by atoms with van der Waals surface area (Å²) in [7, 11) is 0. The highest BCUT2D eigenvalue weighted by Gasteiger charge is 2.20. The van der Waals surface area contributed by atoms with Gasteiger partial charge in [0.1, 0.15) is 6.04 Å². The van der Waals surface area contributed by atoms with Crippen LogP contribution in [0.2, 0.25) is 0 Å². The molecule has 1 aromatic rings. The zero-order valence-corrected chi connectivity index (χ0v) is 20.4. The number of aromatic amines is 1. The smallest absolute Gasteiger partial charge is 0.326 e. The van der Waals surface area contributed by atoms with Gasteiger partial charge in [-0.3, -0.25) is 4.79 Å². The number of hydrogen-bond donors (Lipinski definition) is 3. The lowest BCUT2D eigenvalue weighted by atomic mass is 10.0. The number of imidazole rings is 1. The van der Waals surface area contributed by atoms with E-state index in [-0.39, 0.29) is 12.3 Å². The molecule has 0 aliphatic heterocycles. The van der Waals surface area contributed by atoms with E-state index < -0.39 is 12.0 Å². The molecule has 6 heteroatoms. The molecule has 0 aromatic carbocycles. The number of aromatic nitrogens is 2. The van der Waals surface area contributed by atoms with Crippen molar-refractivity contribution in [3.63, 3.8) is 0 Å². The number of unbranched alkanes of at least 4 members (excludes halogenated alkanes) is 16. The minimum Gasteiger partial charge on any atom is -0.480 e. The highest BCUT2D eigenvalue weighted by Crippen LogP contribution is 2.14. The summed E-state index contributed by atoms with van der Waals surface area (Å²) < 4.78 is 0. The standard InChI is InChI=1S/C26H47N3O3/c1-2-3-4-5-6-7-8-9-10-11-12-13-14-15-16-17-18-19-25(30)29-24(26(31)32)20-23-21-27-22-28-23/h21-22,24H,2-20H2,1H3,(H,27,28)(H,29,30)(H,31,32). The van der Waals surface area contributed by atoms with Crippen molar-refractivity contribution in [3.05, 3.63) is 18.2 Å². The van der Waals surface area contributed by atoms with Crippen LogP contribution in [0, 0.1) is 0 Å². The normalized spacial score (nSPS) is 12.0. The zero-order chi connectivity index (χ0) is 23.3. The van der Waals surface area contributed by atoms with Crippen LogP contribution < -0.4 is 5.32 Å². The number of aliphatic carboxylic acids is 1. The quantitative estimate of drug-likeness (QED) is 0.175. The fraction of sp³-hybridized carbons (Fsp3) is 0.808. The summed E-state index contributed by atoms with van der Waals surface area (Å²) in [5.74, 6) is -1.20. The molecular formula is C26H47N3O3. The van der Waals surface area contributed by atoms with Gasteiger partial charge in [0.05, 0.1) is 6.33 Å². The summed E-state index contributed by atoms with van der Waals surface area (Å²) in [6.45, 7) is 2.27. The van der Waals surface area contributed by atoms with Crippen LogP contribution in [0.3, 0.4) is 0 Å². The highest BCUT2D eigenvalue weighted by molar-refractivity contribution is 5.83. The molecule has 0 aliphatic rings. The second kappa shape index (κ2) is 19.8. The van der Waals surface area contributed by atoms with Crippen LogP contribution in [0.15, 0.2) is 12.5 Å². The summed E-state index contributed by atoms with van der Waals surface area (Å²) >= 11 is 0. The van der Waals surface area contributed by atoms with E-state index in [2.05, 4.69) is 22.2 Å². The Balaban J connectivity index is 1.87. The summed E-state index contributed by atoms with van der Waals surface area (Å²) in [6, 6.07) is -0.909. The van der Waals surface area contributed by atoms with Crippen molar-refractivity contribution < 1.29 is 14.7 Å². The molecule has 0 bridgehead atoms. The Morgan fingerprint density at radius 3 is 1.72 bits per heavy atom. The molecule has 1 amide bonds. The predicted octanol–water partition coefficient (Wildman–Crippen LogP) is 6.56. The Morgan fingerprint density at radius 2 is 1.31 bits per heavy atom. The van der Waals surface area contributed by atoms with Crippen molar-refractivity contribution in [1.82, 2.24) is 15.3 Å². The number of nitrogens with one attached hydrogen (secondary N) is 2. The van der Waals surface area contributed by atoms with Crippen molar-refractivity contribution in [2.24, 2.45) is 0 Å². The van der Waals surface area contributed by atoms with Crippen LogP contribution in [0.4, 0.5) is 0 Å². The lowest BCUT2D eigenvalue weighted by Crippen LogP contribution is -2.42. The molecule has 1 heterocycles. The van der Waals surface area contributed by atoms with Crippen molar-refractivity contribution in [2.75, 3.05) is 0 Å². The van der Waals surface area contributed by atoms with Gasteiger partial charge in [-0.05, 0) is 6.42 Å². The molecule has 1 aromatic heterocycles. The topological polar surface area (TPSA) is 95.1 Å². The van der Waals surface area contributed by atoms with Gasteiger partial charge in [0.15, 0.2) is 0 Å². The van der Waals surface area contributed by atoms with E-state index in [1.165, 1.54) is 96.2 Å². The van der Waals surface area contributed by atoms with Gasteiger partial charge in [-0.25, -0.2) is 9.78 Å². The van der Waals surface area contributed by atoms with Crippen molar-refractivity contribution in [3.8, 4) is 0 Å². The minimum atomic E-state index is -1.02. The van der Waals surface area contributed by atoms with Gasteiger partial charge >= 0.3 is 5.97 Å². The SMILES string of the molecule is CCCCCCCCCCCCCCCCCCCC(=O)NC(Cc1cnc[nH]1)C(=O)O. The minimum absolute atomic E-state index is 0.183. The average Bonchev–Trinajstić information content (AvgIpc) is 3.28. The predicted molar refractivity (Wildman–Crippen MR) is 131 cm³/mol. The van der Waals surface area contributed by atoms with Gasteiger partial charge in [-0.2, -0.15) is 0 Å². The molecule has 1 unspecified atom stereocenters. The van der Waals surface area contributed by atoms with Gasteiger partial charge in [-0.15, -0.1) is 0 Å². The molecule has 0 saturated carbocycles. The molecule has 0 radical (unpaired) electrons. The summed E-state index contributed by atoms with van der Waals surface area (Å²) in [6.07, 6.45) is 25.9. The van der Waals surface area contributed by atoms with E-state index in [1.54, 1.807) is 6.20 Å². The number of carbonyl (C=O) groups is 2. The Labute approximate surface area is 195 Å². The molecule has 0 aliphatic carbocycles. The number of nitrogens with zero attached hydrogens (tertiary/aromatic N) is 1. The van der Waals surface area contributed by atoms with Crippen LogP contribution >= 0.6 is 0 Å². The van der Waals surface area contributed by atoms with Crippen LogP contribution in [0.1, 0.15) is 128 Å². The maximum absolute atomic E-state index is 12.0. The van der Waals surface area contributed by atoms with Crippen LogP contribution in [-0.2, 0) is 16.0 Å². The van der Waals surface area contributed by atoms with Gasteiger partial charge in [0.2, 0.25) is 5.91 Å². The fourth-order valence-corrected chi connectivity index (χ4v) is 4.09. The first-order valence-corrected chi connectivity index (χ1v) is 13.1. The molecule has 0 spiro atoms. The van der Waals surface area contributed by atoms with E-state index >= 15 is 0 Å². The molecular weight excluding hydrogens is 402 g/mol. The lowest BCUT2D eigenvalue weighted by molar-refractivity contribution is -0.141. The number of amides is 1. The maximum Gasteiger partial charge on any atom is 0.326 e.